The average molecular weight is 848 g/mol. The minimum Gasteiger partial charge on any atom is -0.387 e. The first-order valence-corrected chi connectivity index (χ1v) is 25.3. The molecular formula is C50H92N2O6P+. The zero-order valence-corrected chi connectivity index (χ0v) is 39.6. The second-order valence-corrected chi connectivity index (χ2v) is 18.5. The van der Waals surface area contributed by atoms with Gasteiger partial charge >= 0.3 is 7.82 Å². The summed E-state index contributed by atoms with van der Waals surface area (Å²) in [6, 6.07) is -0.874. The first-order valence-electron chi connectivity index (χ1n) is 23.8. The van der Waals surface area contributed by atoms with Crippen LogP contribution in [-0.2, 0) is 18.4 Å². The Bertz CT molecular complexity index is 1190. The largest absolute Gasteiger partial charge is 0.472 e. The van der Waals surface area contributed by atoms with Crippen LogP contribution in [0, 0.1) is 0 Å². The van der Waals surface area contributed by atoms with Gasteiger partial charge in [0.2, 0.25) is 5.91 Å². The highest BCUT2D eigenvalue weighted by Crippen LogP contribution is 2.43. The zero-order valence-electron chi connectivity index (χ0n) is 38.7. The Labute approximate surface area is 364 Å². The van der Waals surface area contributed by atoms with Crippen LogP contribution >= 0.6 is 7.82 Å². The lowest BCUT2D eigenvalue weighted by atomic mass is 10.0. The molecule has 0 fully saturated rings. The van der Waals surface area contributed by atoms with Gasteiger partial charge < -0.3 is 19.8 Å². The van der Waals surface area contributed by atoms with Gasteiger partial charge in [0.25, 0.3) is 0 Å². The lowest BCUT2D eigenvalue weighted by Crippen LogP contribution is -2.45. The standard InChI is InChI=1S/C50H91N2O6P/c1-6-8-10-12-14-16-18-20-22-24-26-28-30-32-34-36-38-40-42-44-50(54)51-48(47-58-59(55,56)57-46-45-52(3,4)5)49(53)43-41-39-37-35-33-31-29-27-25-23-21-19-17-15-13-11-9-7-2/h8,10,14,16,20,22,26,28,33,35,41,43,48-49,53H,6-7,9,11-13,15,17-19,21,23-25,27,29-32,34,36-40,42,44-47H2,1-5H3,(H-,51,54,55,56)/p+1/b10-8-,16-14-,22-20-,28-26-,35-33+,43-41+. The molecule has 3 unspecified atom stereocenters. The highest BCUT2D eigenvalue weighted by atomic mass is 31.2. The predicted molar refractivity (Wildman–Crippen MR) is 253 cm³/mol. The number of unbranched alkanes of at least 4 members (excludes halogenated alkanes) is 19. The quantitative estimate of drug-likeness (QED) is 0.0245. The number of likely N-dealkylation sites (N-methyl/N-ethyl adjacent to an activating group) is 1. The van der Waals surface area contributed by atoms with Crippen molar-refractivity contribution in [2.45, 2.75) is 199 Å². The molecule has 0 aromatic carbocycles. The number of quaternary nitrogens is 1. The highest BCUT2D eigenvalue weighted by molar-refractivity contribution is 7.47. The number of allylic oxidation sites excluding steroid dienone is 11. The van der Waals surface area contributed by atoms with E-state index < -0.39 is 20.0 Å². The maximum atomic E-state index is 12.9. The molecule has 0 aromatic heterocycles. The molecule has 0 heterocycles. The number of carbonyl (C=O) groups is 1. The van der Waals surface area contributed by atoms with Crippen LogP contribution in [0.4, 0.5) is 0 Å². The minimum absolute atomic E-state index is 0.0496. The van der Waals surface area contributed by atoms with E-state index in [1.54, 1.807) is 6.08 Å². The average Bonchev–Trinajstić information content (AvgIpc) is 3.19. The van der Waals surface area contributed by atoms with E-state index in [1.807, 2.05) is 27.2 Å². The molecule has 3 N–H and O–H groups in total. The van der Waals surface area contributed by atoms with Gasteiger partial charge in [-0.2, -0.15) is 0 Å². The summed E-state index contributed by atoms with van der Waals surface area (Å²) >= 11 is 0. The first-order chi connectivity index (χ1) is 28.5. The normalized spacial score (nSPS) is 14.9. The van der Waals surface area contributed by atoms with Crippen molar-refractivity contribution in [3.8, 4) is 0 Å². The number of carbonyl (C=O) groups excluding carboxylic acids is 1. The van der Waals surface area contributed by atoms with Crippen LogP contribution in [0.25, 0.3) is 0 Å². The molecule has 1 amide bonds. The summed E-state index contributed by atoms with van der Waals surface area (Å²) < 4.78 is 23.6. The van der Waals surface area contributed by atoms with Crippen LogP contribution in [0.2, 0.25) is 0 Å². The lowest BCUT2D eigenvalue weighted by molar-refractivity contribution is -0.870. The van der Waals surface area contributed by atoms with Crippen LogP contribution in [0.5, 0.6) is 0 Å². The molecule has 0 rings (SSSR count). The minimum atomic E-state index is -4.36. The molecule has 0 aromatic rings. The number of hydrogen-bond donors (Lipinski definition) is 3. The van der Waals surface area contributed by atoms with E-state index in [4.69, 9.17) is 9.05 Å². The Hall–Kier alpha value is -2.06. The molecule has 0 saturated heterocycles. The molecule has 0 radical (unpaired) electrons. The fraction of sp³-hybridized carbons (Fsp3) is 0.740. The second-order valence-electron chi connectivity index (χ2n) is 17.1. The number of phosphoric ester groups is 1. The van der Waals surface area contributed by atoms with E-state index in [0.29, 0.717) is 17.4 Å². The van der Waals surface area contributed by atoms with Gasteiger partial charge in [0.15, 0.2) is 0 Å². The molecule has 342 valence electrons. The Balaban J connectivity index is 4.47. The Morgan fingerprint density at radius 2 is 1.03 bits per heavy atom. The van der Waals surface area contributed by atoms with Crippen molar-refractivity contribution in [1.29, 1.82) is 0 Å². The number of aliphatic hydroxyl groups is 1. The monoisotopic (exact) mass is 848 g/mol. The second kappa shape index (κ2) is 41.3. The molecule has 0 saturated carbocycles. The number of rotatable bonds is 42. The molecule has 0 aliphatic rings. The van der Waals surface area contributed by atoms with E-state index in [9.17, 15) is 19.4 Å². The highest BCUT2D eigenvalue weighted by Gasteiger charge is 2.27. The third-order valence-corrected chi connectivity index (χ3v) is 11.1. The molecule has 0 aliphatic heterocycles. The smallest absolute Gasteiger partial charge is 0.387 e. The van der Waals surface area contributed by atoms with Crippen LogP contribution in [0.1, 0.15) is 187 Å². The van der Waals surface area contributed by atoms with Crippen LogP contribution < -0.4 is 5.32 Å². The Morgan fingerprint density at radius 1 is 0.593 bits per heavy atom. The summed E-state index contributed by atoms with van der Waals surface area (Å²) in [5.41, 5.74) is 0. The van der Waals surface area contributed by atoms with Crippen LogP contribution in [0.15, 0.2) is 72.9 Å². The van der Waals surface area contributed by atoms with Crippen molar-refractivity contribution in [2.75, 3.05) is 40.9 Å². The Kier molecular flexibility index (Phi) is 39.9. The van der Waals surface area contributed by atoms with Crippen LogP contribution in [0.3, 0.4) is 0 Å². The first kappa shape index (κ1) is 56.9. The third-order valence-electron chi connectivity index (χ3n) is 10.2. The third kappa shape index (κ3) is 43.8. The topological polar surface area (TPSA) is 105 Å². The van der Waals surface area contributed by atoms with Gasteiger partial charge in [0.05, 0.1) is 39.9 Å². The summed E-state index contributed by atoms with van der Waals surface area (Å²) in [7, 11) is 1.53. The van der Waals surface area contributed by atoms with E-state index in [0.717, 1.165) is 77.0 Å². The van der Waals surface area contributed by atoms with Gasteiger partial charge in [-0.15, -0.1) is 0 Å². The molecule has 9 heteroatoms. The van der Waals surface area contributed by atoms with Crippen molar-refractivity contribution < 1.29 is 32.9 Å². The van der Waals surface area contributed by atoms with Gasteiger partial charge in [-0.25, -0.2) is 4.57 Å². The van der Waals surface area contributed by atoms with Crippen molar-refractivity contribution in [1.82, 2.24) is 5.32 Å². The lowest BCUT2D eigenvalue weighted by Gasteiger charge is -2.25. The van der Waals surface area contributed by atoms with Crippen molar-refractivity contribution in [3.05, 3.63) is 72.9 Å². The van der Waals surface area contributed by atoms with E-state index in [2.05, 4.69) is 79.9 Å². The summed E-state index contributed by atoms with van der Waals surface area (Å²) in [5, 5.41) is 13.8. The molecule has 0 aliphatic carbocycles. The number of amides is 1. The summed E-state index contributed by atoms with van der Waals surface area (Å²) in [6.45, 7) is 4.66. The molecule has 0 bridgehead atoms. The maximum Gasteiger partial charge on any atom is 0.472 e. The predicted octanol–water partition coefficient (Wildman–Crippen LogP) is 13.6. The van der Waals surface area contributed by atoms with Gasteiger partial charge in [-0.05, 0) is 70.6 Å². The van der Waals surface area contributed by atoms with Crippen molar-refractivity contribution in [3.63, 3.8) is 0 Å². The Morgan fingerprint density at radius 3 is 1.56 bits per heavy atom. The molecule has 59 heavy (non-hydrogen) atoms. The van der Waals surface area contributed by atoms with Crippen LogP contribution in [-0.4, -0.2) is 73.4 Å². The van der Waals surface area contributed by atoms with Gasteiger partial charge in [-0.3, -0.25) is 13.8 Å². The van der Waals surface area contributed by atoms with E-state index in [-0.39, 0.29) is 19.1 Å². The van der Waals surface area contributed by atoms with Gasteiger partial charge in [0.1, 0.15) is 13.2 Å². The number of aliphatic hydroxyl groups excluding tert-OH is 1. The van der Waals surface area contributed by atoms with Crippen molar-refractivity contribution >= 4 is 13.7 Å². The number of nitrogens with one attached hydrogen (secondary N) is 1. The van der Waals surface area contributed by atoms with E-state index >= 15 is 0 Å². The number of hydrogen-bond acceptors (Lipinski definition) is 5. The summed E-state index contributed by atoms with van der Waals surface area (Å²) in [5.74, 6) is -0.204. The van der Waals surface area contributed by atoms with Gasteiger partial charge in [0, 0.05) is 6.42 Å². The SMILES string of the molecule is CC/C=C\C/C=C\C/C=C\C/C=C\CCCCCCCCC(=O)NC(COP(=O)(O)OCC[N+](C)(C)C)C(O)/C=C/CC/C=C/CCCCCCCCCCCCCC. The molecular weight excluding hydrogens is 756 g/mol. The summed E-state index contributed by atoms with van der Waals surface area (Å²) in [6.07, 6.45) is 55.5. The molecule has 0 spiro atoms. The number of nitrogens with zero attached hydrogens (tertiary/aromatic N) is 1. The van der Waals surface area contributed by atoms with Crippen molar-refractivity contribution in [2.24, 2.45) is 0 Å². The maximum absolute atomic E-state index is 12.9. The van der Waals surface area contributed by atoms with Gasteiger partial charge in [-0.1, -0.05) is 183 Å². The fourth-order valence-electron chi connectivity index (χ4n) is 6.40. The zero-order chi connectivity index (χ0) is 43.6. The number of phosphoric acid groups is 1. The molecule has 3 atom stereocenters. The molecule has 8 nitrogen and oxygen atoms in total. The fourth-order valence-corrected chi connectivity index (χ4v) is 7.14. The van der Waals surface area contributed by atoms with E-state index in [1.165, 1.54) is 89.9 Å². The summed E-state index contributed by atoms with van der Waals surface area (Å²) in [4.78, 5) is 23.2.